The third-order valence-corrected chi connectivity index (χ3v) is 3.89. The van der Waals surface area contributed by atoms with Crippen LogP contribution in [0.3, 0.4) is 0 Å². The quantitative estimate of drug-likeness (QED) is 0.667. The van der Waals surface area contributed by atoms with E-state index in [2.05, 4.69) is 4.99 Å². The van der Waals surface area contributed by atoms with Crippen molar-refractivity contribution < 1.29 is 9.53 Å². The monoisotopic (exact) mass is 194 g/mol. The van der Waals surface area contributed by atoms with Gasteiger partial charge < -0.3 is 10.5 Å². The maximum Gasteiger partial charge on any atom is 0.291 e. The molecule has 2 saturated carbocycles. The first-order valence-corrected chi connectivity index (χ1v) is 5.28. The third-order valence-electron chi connectivity index (χ3n) is 3.89. The number of hydrogen-bond donors (Lipinski definition) is 1. The van der Waals surface area contributed by atoms with Gasteiger partial charge in [0, 0.05) is 5.92 Å². The van der Waals surface area contributed by atoms with Crippen molar-refractivity contribution in [3.63, 3.8) is 0 Å². The number of amidine groups is 1. The van der Waals surface area contributed by atoms with Crippen molar-refractivity contribution >= 4 is 11.9 Å². The molecule has 0 aromatic carbocycles. The van der Waals surface area contributed by atoms with Gasteiger partial charge in [0.05, 0.1) is 0 Å². The molecule has 4 atom stereocenters. The molecule has 14 heavy (non-hydrogen) atoms. The van der Waals surface area contributed by atoms with Crippen LogP contribution in [0.15, 0.2) is 4.99 Å². The number of aliphatic imine (C=N–C) groups is 1. The fourth-order valence-electron chi connectivity index (χ4n) is 3.31. The minimum atomic E-state index is -0.356. The first-order chi connectivity index (χ1) is 6.74. The van der Waals surface area contributed by atoms with E-state index in [0.29, 0.717) is 11.8 Å². The fourth-order valence-corrected chi connectivity index (χ4v) is 3.31. The lowest BCUT2D eigenvalue weighted by Crippen LogP contribution is -2.32. The summed E-state index contributed by atoms with van der Waals surface area (Å²) in [6, 6.07) is 0.0581. The zero-order valence-corrected chi connectivity index (χ0v) is 7.98. The predicted molar refractivity (Wildman–Crippen MR) is 50.4 cm³/mol. The summed E-state index contributed by atoms with van der Waals surface area (Å²) < 4.78 is 5.29. The van der Waals surface area contributed by atoms with Crippen LogP contribution in [-0.4, -0.2) is 18.0 Å². The molecule has 2 bridgehead atoms. The van der Waals surface area contributed by atoms with Gasteiger partial charge in [-0.1, -0.05) is 6.42 Å². The normalized spacial score (nSPS) is 45.4. The van der Waals surface area contributed by atoms with Crippen molar-refractivity contribution in [3.8, 4) is 0 Å². The number of fused-ring (bicyclic) bond motifs is 2. The summed E-state index contributed by atoms with van der Waals surface area (Å²) in [7, 11) is 0. The molecule has 2 N–H and O–H groups in total. The van der Waals surface area contributed by atoms with Gasteiger partial charge in [0.25, 0.3) is 11.9 Å². The second-order valence-corrected chi connectivity index (χ2v) is 4.67. The molecule has 3 aliphatic rings. The molecule has 0 aromatic rings. The average molecular weight is 194 g/mol. The molecule has 3 rings (SSSR count). The van der Waals surface area contributed by atoms with Gasteiger partial charge >= 0.3 is 0 Å². The van der Waals surface area contributed by atoms with Crippen LogP contribution < -0.4 is 5.73 Å². The summed E-state index contributed by atoms with van der Waals surface area (Å²) >= 11 is 0. The largest absolute Gasteiger partial charge is 0.451 e. The number of amides is 1. The van der Waals surface area contributed by atoms with Crippen LogP contribution in [0.5, 0.6) is 0 Å². The van der Waals surface area contributed by atoms with E-state index in [1.165, 1.54) is 19.3 Å². The Balaban J connectivity index is 1.76. The van der Waals surface area contributed by atoms with Crippen LogP contribution in [0.1, 0.15) is 25.7 Å². The topological polar surface area (TPSA) is 64.7 Å². The summed E-state index contributed by atoms with van der Waals surface area (Å²) in [4.78, 5) is 15.1. The number of ether oxygens (including phenoxy) is 1. The maximum absolute atomic E-state index is 11.5. The van der Waals surface area contributed by atoms with Gasteiger partial charge in [-0.25, -0.2) is 0 Å². The highest BCUT2D eigenvalue weighted by Crippen LogP contribution is 2.50. The molecule has 2 aliphatic carbocycles. The van der Waals surface area contributed by atoms with Gasteiger partial charge in [-0.3, -0.25) is 4.79 Å². The number of carbonyl (C=O) groups is 1. The lowest BCUT2D eigenvalue weighted by Gasteiger charge is -2.24. The number of hydrogen-bond acceptors (Lipinski definition) is 3. The molecular formula is C10H14N2O2. The Labute approximate surface area is 82.5 Å². The number of nitrogens with two attached hydrogens (primary N) is 1. The first-order valence-electron chi connectivity index (χ1n) is 5.28. The number of nitrogens with zero attached hydrogens (tertiary/aromatic N) is 1. The summed E-state index contributed by atoms with van der Waals surface area (Å²) in [6.45, 7) is 0. The minimum absolute atomic E-state index is 0.0581. The Kier molecular flexibility index (Phi) is 1.60. The Morgan fingerprint density at radius 3 is 2.71 bits per heavy atom. The van der Waals surface area contributed by atoms with Gasteiger partial charge in [0.15, 0.2) is 6.10 Å². The molecule has 76 valence electrons. The van der Waals surface area contributed by atoms with Gasteiger partial charge in [0.1, 0.15) is 0 Å². The smallest absolute Gasteiger partial charge is 0.291 e. The fraction of sp³-hybridized carbons (Fsp3) is 0.800. The van der Waals surface area contributed by atoms with Crippen LogP contribution in [0.25, 0.3) is 0 Å². The van der Waals surface area contributed by atoms with Gasteiger partial charge in [-0.15, -0.1) is 0 Å². The van der Waals surface area contributed by atoms with Crippen molar-refractivity contribution in [3.05, 3.63) is 0 Å². The molecule has 4 unspecified atom stereocenters. The van der Waals surface area contributed by atoms with Crippen molar-refractivity contribution in [1.82, 2.24) is 0 Å². The second kappa shape index (κ2) is 2.72. The average Bonchev–Trinajstić information content (AvgIpc) is 2.79. The van der Waals surface area contributed by atoms with Gasteiger partial charge in [-0.2, -0.15) is 4.99 Å². The lowest BCUT2D eigenvalue weighted by atomic mass is 9.84. The van der Waals surface area contributed by atoms with E-state index in [4.69, 9.17) is 10.5 Å². The second-order valence-electron chi connectivity index (χ2n) is 4.67. The van der Waals surface area contributed by atoms with E-state index in [1.807, 2.05) is 0 Å². The molecule has 0 saturated heterocycles. The molecule has 1 aliphatic heterocycles. The number of carbonyl (C=O) groups excluding carboxylic acids is 1. The van der Waals surface area contributed by atoms with Crippen LogP contribution in [0.4, 0.5) is 0 Å². The minimum Gasteiger partial charge on any atom is -0.451 e. The highest BCUT2D eigenvalue weighted by atomic mass is 16.5. The van der Waals surface area contributed by atoms with E-state index >= 15 is 0 Å². The standard InChI is InChI=1S/C10H14N2O2/c11-10-12-9(13)8(14-10)7-4-5-1-2-6(7)3-5/h5-8H,1-4H2,(H2,11,12,13). The predicted octanol–water partition coefficient (Wildman–Crippen LogP) is 0.663. The van der Waals surface area contributed by atoms with Crippen LogP contribution in [-0.2, 0) is 9.53 Å². The highest BCUT2D eigenvalue weighted by Gasteiger charge is 2.48. The summed E-state index contributed by atoms with van der Waals surface area (Å²) in [5.74, 6) is 1.71. The van der Waals surface area contributed by atoms with Crippen molar-refractivity contribution in [2.75, 3.05) is 0 Å². The van der Waals surface area contributed by atoms with E-state index < -0.39 is 0 Å². The Morgan fingerprint density at radius 1 is 1.36 bits per heavy atom. The van der Waals surface area contributed by atoms with Crippen molar-refractivity contribution in [2.45, 2.75) is 31.8 Å². The molecule has 0 spiro atoms. The zero-order valence-electron chi connectivity index (χ0n) is 7.98. The molecule has 4 nitrogen and oxygen atoms in total. The number of rotatable bonds is 1. The summed E-state index contributed by atoms with van der Waals surface area (Å²) in [5, 5.41) is 0. The van der Waals surface area contributed by atoms with Crippen molar-refractivity contribution in [1.29, 1.82) is 0 Å². The molecule has 1 heterocycles. The lowest BCUT2D eigenvalue weighted by molar-refractivity contribution is -0.125. The Hall–Kier alpha value is -1.06. The van der Waals surface area contributed by atoms with E-state index in [0.717, 1.165) is 12.3 Å². The molecule has 2 fully saturated rings. The Bertz CT molecular complexity index is 313. The molecule has 0 aromatic heterocycles. The van der Waals surface area contributed by atoms with E-state index in [-0.39, 0.29) is 18.0 Å². The van der Waals surface area contributed by atoms with E-state index in [1.54, 1.807) is 0 Å². The SMILES string of the molecule is NC1=NC(=O)C(C2CC3CCC2C3)O1. The molecule has 1 amide bonds. The van der Waals surface area contributed by atoms with Crippen LogP contribution in [0.2, 0.25) is 0 Å². The Morgan fingerprint density at radius 2 is 2.21 bits per heavy atom. The van der Waals surface area contributed by atoms with Crippen LogP contribution >= 0.6 is 0 Å². The first kappa shape index (κ1) is 8.26. The van der Waals surface area contributed by atoms with Gasteiger partial charge in [0.2, 0.25) is 0 Å². The van der Waals surface area contributed by atoms with E-state index in [9.17, 15) is 4.79 Å². The summed E-state index contributed by atoms with van der Waals surface area (Å²) in [5.41, 5.74) is 5.39. The highest BCUT2D eigenvalue weighted by molar-refractivity contribution is 5.98. The van der Waals surface area contributed by atoms with Crippen LogP contribution in [0, 0.1) is 17.8 Å². The zero-order chi connectivity index (χ0) is 9.71. The third kappa shape index (κ3) is 1.06. The molecular weight excluding hydrogens is 180 g/mol. The molecule has 0 radical (unpaired) electrons. The van der Waals surface area contributed by atoms with Crippen molar-refractivity contribution in [2.24, 2.45) is 28.5 Å². The summed E-state index contributed by atoms with van der Waals surface area (Å²) in [6.07, 6.45) is 4.63. The van der Waals surface area contributed by atoms with Gasteiger partial charge in [-0.05, 0) is 31.1 Å². The maximum atomic E-state index is 11.5. The molecule has 4 heteroatoms.